The van der Waals surface area contributed by atoms with Gasteiger partial charge in [-0.1, -0.05) is 6.08 Å². The van der Waals surface area contributed by atoms with Crippen LogP contribution in [0.2, 0.25) is 0 Å². The summed E-state index contributed by atoms with van der Waals surface area (Å²) in [7, 11) is 0. The van der Waals surface area contributed by atoms with E-state index < -0.39 is 5.79 Å². The molecule has 1 heterocycles. The first-order valence-corrected chi connectivity index (χ1v) is 3.57. The van der Waals surface area contributed by atoms with Crippen molar-refractivity contribution < 1.29 is 4.39 Å². The smallest absolute Gasteiger partial charge is 0.203 e. The average molecular weight is 164 g/mol. The van der Waals surface area contributed by atoms with Crippen molar-refractivity contribution in [3.8, 4) is 6.07 Å². The molecule has 0 saturated carbocycles. The largest absolute Gasteiger partial charge is 0.356 e. The van der Waals surface area contributed by atoms with Crippen molar-refractivity contribution in [2.45, 2.75) is 12.2 Å². The van der Waals surface area contributed by atoms with Gasteiger partial charge in [0.2, 0.25) is 5.79 Å². The second-order valence-electron chi connectivity index (χ2n) is 2.54. The quantitative estimate of drug-likeness (QED) is 0.499. The van der Waals surface area contributed by atoms with Crippen LogP contribution in [0.25, 0.3) is 0 Å². The van der Waals surface area contributed by atoms with Crippen LogP contribution in [0.4, 0.5) is 4.39 Å². The van der Waals surface area contributed by atoms with Crippen LogP contribution >= 0.6 is 0 Å². The lowest BCUT2D eigenvalue weighted by Gasteiger charge is -2.23. The van der Waals surface area contributed by atoms with E-state index in [1.54, 1.807) is 0 Å². The minimum Gasteiger partial charge on any atom is -0.356 e. The Morgan fingerprint density at radius 3 is 3.17 bits per heavy atom. The van der Waals surface area contributed by atoms with Crippen molar-refractivity contribution in [2.75, 3.05) is 0 Å². The standard InChI is InChI=1S/C9H9FN2/c1-2-4-9(10)6-8(7-11)3-5-12-9/h2-3,5-6,12H,1,4H2. The van der Waals surface area contributed by atoms with E-state index in [0.717, 1.165) is 0 Å². The van der Waals surface area contributed by atoms with Crippen LogP contribution in [-0.4, -0.2) is 5.79 Å². The zero-order chi connectivity index (χ0) is 9.03. The summed E-state index contributed by atoms with van der Waals surface area (Å²) in [6, 6.07) is 1.88. The molecule has 1 unspecified atom stereocenters. The van der Waals surface area contributed by atoms with Gasteiger partial charge in [0, 0.05) is 12.6 Å². The highest BCUT2D eigenvalue weighted by atomic mass is 19.1. The van der Waals surface area contributed by atoms with E-state index in [9.17, 15) is 4.39 Å². The zero-order valence-electron chi connectivity index (χ0n) is 6.55. The summed E-state index contributed by atoms with van der Waals surface area (Å²) in [6.45, 7) is 3.43. The van der Waals surface area contributed by atoms with Crippen molar-refractivity contribution in [3.63, 3.8) is 0 Å². The van der Waals surface area contributed by atoms with Gasteiger partial charge in [0.05, 0.1) is 11.6 Å². The molecule has 3 heteroatoms. The maximum Gasteiger partial charge on any atom is 0.203 e. The summed E-state index contributed by atoms with van der Waals surface area (Å²) in [6.07, 6.45) is 5.85. The molecule has 0 radical (unpaired) electrons. The number of halogens is 1. The van der Waals surface area contributed by atoms with Gasteiger partial charge in [-0.3, -0.25) is 0 Å². The molecule has 1 atom stereocenters. The fourth-order valence-electron chi connectivity index (χ4n) is 1.00. The number of nitriles is 1. The molecule has 0 spiro atoms. The summed E-state index contributed by atoms with van der Waals surface area (Å²) in [5.74, 6) is -1.64. The van der Waals surface area contributed by atoms with Gasteiger partial charge in [-0.25, -0.2) is 4.39 Å². The molecular formula is C9H9FN2. The van der Waals surface area contributed by atoms with Gasteiger partial charge in [-0.05, 0) is 12.2 Å². The Balaban J connectivity index is 2.84. The molecule has 0 aromatic rings. The van der Waals surface area contributed by atoms with E-state index in [2.05, 4.69) is 11.9 Å². The SMILES string of the molecule is C=CCC1(F)C=C(C#N)C=CN1. The number of nitrogens with zero attached hydrogens (tertiary/aromatic N) is 1. The number of nitrogens with one attached hydrogen (secondary N) is 1. The molecule has 0 aromatic heterocycles. The first kappa shape index (κ1) is 8.54. The van der Waals surface area contributed by atoms with E-state index in [0.29, 0.717) is 5.57 Å². The highest BCUT2D eigenvalue weighted by Gasteiger charge is 2.25. The van der Waals surface area contributed by atoms with Crippen LogP contribution in [-0.2, 0) is 0 Å². The molecule has 0 aliphatic carbocycles. The van der Waals surface area contributed by atoms with Crippen LogP contribution in [0.3, 0.4) is 0 Å². The summed E-state index contributed by atoms with van der Waals surface area (Å²) in [5.41, 5.74) is 0.332. The Hall–Kier alpha value is -1.56. The Morgan fingerprint density at radius 1 is 1.83 bits per heavy atom. The second-order valence-corrected chi connectivity index (χ2v) is 2.54. The highest BCUT2D eigenvalue weighted by molar-refractivity contribution is 5.38. The molecule has 0 amide bonds. The van der Waals surface area contributed by atoms with Crippen molar-refractivity contribution in [2.24, 2.45) is 0 Å². The average Bonchev–Trinajstić information content (AvgIpc) is 2.04. The Labute approximate surface area is 70.7 Å². The molecule has 12 heavy (non-hydrogen) atoms. The van der Waals surface area contributed by atoms with Gasteiger partial charge >= 0.3 is 0 Å². The predicted molar refractivity (Wildman–Crippen MR) is 44.6 cm³/mol. The van der Waals surface area contributed by atoms with Gasteiger partial charge in [-0.2, -0.15) is 5.26 Å². The lowest BCUT2D eigenvalue weighted by atomic mass is 10.1. The molecule has 0 aromatic carbocycles. The lowest BCUT2D eigenvalue weighted by molar-refractivity contribution is 0.200. The third-order valence-electron chi connectivity index (χ3n) is 1.54. The number of allylic oxidation sites excluding steroid dienone is 2. The maximum atomic E-state index is 13.5. The van der Waals surface area contributed by atoms with Gasteiger partial charge in [0.1, 0.15) is 0 Å². The van der Waals surface area contributed by atoms with E-state index >= 15 is 0 Å². The minimum atomic E-state index is -1.64. The van der Waals surface area contributed by atoms with Gasteiger partial charge in [0.15, 0.2) is 0 Å². The molecule has 2 nitrogen and oxygen atoms in total. The van der Waals surface area contributed by atoms with E-state index in [4.69, 9.17) is 5.26 Å². The van der Waals surface area contributed by atoms with E-state index in [1.165, 1.54) is 24.4 Å². The Bertz CT molecular complexity index is 281. The van der Waals surface area contributed by atoms with Crippen molar-refractivity contribution in [1.29, 1.82) is 5.26 Å². The predicted octanol–water partition coefficient (Wildman–Crippen LogP) is 1.80. The highest BCUT2D eigenvalue weighted by Crippen LogP contribution is 2.20. The number of alkyl halides is 1. The molecular weight excluding hydrogens is 155 g/mol. The first-order valence-electron chi connectivity index (χ1n) is 3.57. The number of rotatable bonds is 2. The Morgan fingerprint density at radius 2 is 2.58 bits per heavy atom. The normalized spacial score (nSPS) is 26.8. The number of hydrogen-bond donors (Lipinski definition) is 1. The molecule has 1 rings (SSSR count). The van der Waals surface area contributed by atoms with Crippen LogP contribution in [0.5, 0.6) is 0 Å². The molecule has 0 bridgehead atoms. The van der Waals surface area contributed by atoms with Gasteiger partial charge < -0.3 is 5.32 Å². The maximum absolute atomic E-state index is 13.5. The summed E-state index contributed by atoms with van der Waals surface area (Å²) in [5, 5.41) is 11.0. The topological polar surface area (TPSA) is 35.8 Å². The monoisotopic (exact) mass is 164 g/mol. The van der Waals surface area contributed by atoms with Crippen LogP contribution < -0.4 is 5.32 Å². The van der Waals surface area contributed by atoms with E-state index in [1.807, 2.05) is 6.07 Å². The van der Waals surface area contributed by atoms with Crippen LogP contribution in [0.15, 0.2) is 36.6 Å². The molecule has 0 fully saturated rings. The van der Waals surface area contributed by atoms with E-state index in [-0.39, 0.29) is 6.42 Å². The summed E-state index contributed by atoms with van der Waals surface area (Å²) < 4.78 is 13.5. The third-order valence-corrected chi connectivity index (χ3v) is 1.54. The summed E-state index contributed by atoms with van der Waals surface area (Å²) in [4.78, 5) is 0. The van der Waals surface area contributed by atoms with Crippen LogP contribution in [0, 0.1) is 11.3 Å². The van der Waals surface area contributed by atoms with Crippen molar-refractivity contribution in [3.05, 3.63) is 36.6 Å². The molecule has 0 saturated heterocycles. The number of hydrogen-bond acceptors (Lipinski definition) is 2. The fraction of sp³-hybridized carbons (Fsp3) is 0.222. The third kappa shape index (κ3) is 1.73. The molecule has 62 valence electrons. The van der Waals surface area contributed by atoms with Crippen LogP contribution in [0.1, 0.15) is 6.42 Å². The molecule has 1 N–H and O–H groups in total. The summed E-state index contributed by atoms with van der Waals surface area (Å²) >= 11 is 0. The first-order chi connectivity index (χ1) is 5.70. The Kier molecular flexibility index (Phi) is 2.29. The van der Waals surface area contributed by atoms with Gasteiger partial charge in [-0.15, -0.1) is 6.58 Å². The van der Waals surface area contributed by atoms with Crippen molar-refractivity contribution >= 4 is 0 Å². The molecule has 1 aliphatic rings. The fourth-order valence-corrected chi connectivity index (χ4v) is 1.00. The van der Waals surface area contributed by atoms with Gasteiger partial charge in [0.25, 0.3) is 0 Å². The van der Waals surface area contributed by atoms with Crippen molar-refractivity contribution in [1.82, 2.24) is 5.32 Å². The second kappa shape index (κ2) is 3.22. The zero-order valence-corrected chi connectivity index (χ0v) is 6.55. The lowest BCUT2D eigenvalue weighted by Crippen LogP contribution is -2.36. The minimum absolute atomic E-state index is 0.155. The molecule has 1 aliphatic heterocycles. The number of dihydropyridines is 1.